The molecule has 0 unspecified atom stereocenters. The second-order valence-corrected chi connectivity index (χ2v) is 2.65. The zero-order chi connectivity index (χ0) is 10.3. The van der Waals surface area contributed by atoms with Crippen LogP contribution >= 0.6 is 0 Å². The van der Waals surface area contributed by atoms with Crippen LogP contribution in [-0.2, 0) is 9.59 Å². The molecule has 0 radical (unpaired) electrons. The van der Waals surface area contributed by atoms with Gasteiger partial charge in [0, 0.05) is 13.3 Å². The van der Waals surface area contributed by atoms with E-state index in [1.807, 2.05) is 0 Å². The summed E-state index contributed by atoms with van der Waals surface area (Å²) >= 11 is 0. The summed E-state index contributed by atoms with van der Waals surface area (Å²) in [6.07, 6.45) is 0.452. The molecule has 0 aliphatic carbocycles. The highest BCUT2D eigenvalue weighted by Crippen LogP contribution is 1.77. The summed E-state index contributed by atoms with van der Waals surface area (Å²) in [5.74, 6) is -0.251. The van der Waals surface area contributed by atoms with E-state index < -0.39 is 0 Å². The zero-order valence-electron chi connectivity index (χ0n) is 8.18. The van der Waals surface area contributed by atoms with E-state index in [1.54, 1.807) is 13.8 Å². The Bertz CT molecular complexity index is 223. The van der Waals surface area contributed by atoms with Gasteiger partial charge in [0.05, 0.1) is 12.3 Å². The van der Waals surface area contributed by atoms with Gasteiger partial charge in [-0.2, -0.15) is 5.10 Å². The Labute approximate surface area is 77.6 Å². The number of hydrazone groups is 1. The Hall–Kier alpha value is -1.39. The minimum Gasteiger partial charge on any atom is -0.351 e. The maximum absolute atomic E-state index is 10.8. The summed E-state index contributed by atoms with van der Waals surface area (Å²) in [4.78, 5) is 21.2. The minimum atomic E-state index is -0.221. The number of hydrogen-bond donors (Lipinski definition) is 2. The monoisotopic (exact) mass is 185 g/mol. The molecule has 0 heterocycles. The van der Waals surface area contributed by atoms with E-state index in [0.717, 1.165) is 0 Å². The molecule has 0 aromatic heterocycles. The summed E-state index contributed by atoms with van der Waals surface area (Å²) in [5, 5.41) is 6.37. The van der Waals surface area contributed by atoms with E-state index in [0.29, 0.717) is 18.7 Å². The summed E-state index contributed by atoms with van der Waals surface area (Å²) in [6.45, 7) is 5.25. The van der Waals surface area contributed by atoms with Crippen LogP contribution in [0.1, 0.15) is 27.2 Å². The lowest BCUT2D eigenvalue weighted by Gasteiger charge is -2.02. The maximum Gasteiger partial charge on any atom is 0.236 e. The highest BCUT2D eigenvalue weighted by Gasteiger charge is 1.97. The van der Waals surface area contributed by atoms with Crippen molar-refractivity contribution in [1.29, 1.82) is 0 Å². The smallest absolute Gasteiger partial charge is 0.236 e. The zero-order valence-corrected chi connectivity index (χ0v) is 8.18. The van der Waals surface area contributed by atoms with Crippen molar-refractivity contribution in [3.63, 3.8) is 0 Å². The van der Waals surface area contributed by atoms with Gasteiger partial charge in [-0.25, -0.2) is 5.43 Å². The van der Waals surface area contributed by atoms with Gasteiger partial charge in [-0.05, 0) is 6.92 Å². The van der Waals surface area contributed by atoms with E-state index in [-0.39, 0.29) is 11.8 Å². The normalized spacial score (nSPS) is 10.8. The lowest BCUT2D eigenvalue weighted by Crippen LogP contribution is -2.29. The standard InChI is InChI=1S/C8H15N3O2/c1-4-8(13)9-5-6(2)10-11-7(3)12/h4-5H2,1-3H3,(H,9,13)(H,11,12)/b10-6+. The van der Waals surface area contributed by atoms with Gasteiger partial charge in [0.1, 0.15) is 0 Å². The molecule has 5 nitrogen and oxygen atoms in total. The number of rotatable bonds is 4. The first-order valence-electron chi connectivity index (χ1n) is 4.12. The highest BCUT2D eigenvalue weighted by atomic mass is 16.2. The molecule has 0 aliphatic heterocycles. The summed E-state index contributed by atoms with van der Waals surface area (Å²) < 4.78 is 0. The molecule has 0 saturated heterocycles. The second kappa shape index (κ2) is 6.16. The Morgan fingerprint density at radius 2 is 1.92 bits per heavy atom. The van der Waals surface area contributed by atoms with E-state index in [1.165, 1.54) is 6.92 Å². The molecule has 2 N–H and O–H groups in total. The number of nitrogens with one attached hydrogen (secondary N) is 2. The van der Waals surface area contributed by atoms with Gasteiger partial charge in [0.2, 0.25) is 11.8 Å². The van der Waals surface area contributed by atoms with Crippen LogP contribution in [0.4, 0.5) is 0 Å². The van der Waals surface area contributed by atoms with E-state index in [4.69, 9.17) is 0 Å². The molecule has 2 amide bonds. The van der Waals surface area contributed by atoms with Gasteiger partial charge in [0.15, 0.2) is 0 Å². The molecular weight excluding hydrogens is 170 g/mol. The first-order chi connectivity index (χ1) is 6.06. The second-order valence-electron chi connectivity index (χ2n) is 2.65. The third-order valence-electron chi connectivity index (χ3n) is 1.27. The molecule has 0 spiro atoms. The third-order valence-corrected chi connectivity index (χ3v) is 1.27. The van der Waals surface area contributed by atoms with Crippen molar-refractivity contribution in [3.05, 3.63) is 0 Å². The van der Waals surface area contributed by atoms with Crippen molar-refractivity contribution < 1.29 is 9.59 Å². The van der Waals surface area contributed by atoms with Crippen LogP contribution in [0.25, 0.3) is 0 Å². The van der Waals surface area contributed by atoms with E-state index in [2.05, 4.69) is 15.8 Å². The molecule has 0 aromatic rings. The molecule has 0 saturated carbocycles. The van der Waals surface area contributed by atoms with Crippen molar-refractivity contribution in [2.45, 2.75) is 27.2 Å². The number of carbonyl (C=O) groups excluding carboxylic acids is 2. The highest BCUT2D eigenvalue weighted by molar-refractivity contribution is 5.89. The molecule has 13 heavy (non-hydrogen) atoms. The number of amides is 2. The SMILES string of the molecule is CCC(=O)NC/C(C)=N/NC(C)=O. The van der Waals surface area contributed by atoms with Crippen molar-refractivity contribution in [2.24, 2.45) is 5.10 Å². The Morgan fingerprint density at radius 1 is 1.31 bits per heavy atom. The quantitative estimate of drug-likeness (QED) is 0.479. The van der Waals surface area contributed by atoms with Crippen LogP contribution in [0.2, 0.25) is 0 Å². The van der Waals surface area contributed by atoms with Crippen molar-refractivity contribution in [2.75, 3.05) is 6.54 Å². The number of carbonyl (C=O) groups is 2. The molecule has 0 fully saturated rings. The fourth-order valence-corrected chi connectivity index (χ4v) is 0.565. The molecule has 0 atom stereocenters. The Morgan fingerprint density at radius 3 is 2.38 bits per heavy atom. The van der Waals surface area contributed by atoms with Crippen LogP contribution in [-0.4, -0.2) is 24.1 Å². The van der Waals surface area contributed by atoms with E-state index in [9.17, 15) is 9.59 Å². The topological polar surface area (TPSA) is 70.6 Å². The van der Waals surface area contributed by atoms with Gasteiger partial charge in [0.25, 0.3) is 0 Å². The van der Waals surface area contributed by atoms with Gasteiger partial charge in [-0.1, -0.05) is 6.92 Å². The van der Waals surface area contributed by atoms with Gasteiger partial charge in [-0.3, -0.25) is 9.59 Å². The summed E-state index contributed by atoms with van der Waals surface area (Å²) in [7, 11) is 0. The van der Waals surface area contributed by atoms with E-state index >= 15 is 0 Å². The lowest BCUT2D eigenvalue weighted by molar-refractivity contribution is -0.120. The molecule has 0 aromatic carbocycles. The molecule has 0 aliphatic rings. The Kier molecular flexibility index (Phi) is 5.50. The third kappa shape index (κ3) is 6.99. The van der Waals surface area contributed by atoms with Crippen molar-refractivity contribution in [1.82, 2.24) is 10.7 Å². The average molecular weight is 185 g/mol. The van der Waals surface area contributed by atoms with Crippen molar-refractivity contribution in [3.8, 4) is 0 Å². The van der Waals surface area contributed by atoms with Crippen LogP contribution in [0, 0.1) is 0 Å². The first kappa shape index (κ1) is 11.6. The van der Waals surface area contributed by atoms with Crippen LogP contribution in [0.5, 0.6) is 0 Å². The predicted molar refractivity (Wildman–Crippen MR) is 50.2 cm³/mol. The Balaban J connectivity index is 3.73. The first-order valence-corrected chi connectivity index (χ1v) is 4.12. The molecular formula is C8H15N3O2. The van der Waals surface area contributed by atoms with Gasteiger partial charge in [-0.15, -0.1) is 0 Å². The van der Waals surface area contributed by atoms with Gasteiger partial charge < -0.3 is 5.32 Å². The molecule has 5 heteroatoms. The largest absolute Gasteiger partial charge is 0.351 e. The van der Waals surface area contributed by atoms with Crippen LogP contribution in [0.15, 0.2) is 5.10 Å². The average Bonchev–Trinajstić information content (AvgIpc) is 2.10. The summed E-state index contributed by atoms with van der Waals surface area (Å²) in [5.41, 5.74) is 2.95. The fourth-order valence-electron chi connectivity index (χ4n) is 0.565. The fraction of sp³-hybridized carbons (Fsp3) is 0.625. The molecule has 74 valence electrons. The van der Waals surface area contributed by atoms with Crippen LogP contribution in [0.3, 0.4) is 0 Å². The molecule has 0 rings (SSSR count). The molecule has 0 bridgehead atoms. The minimum absolute atomic E-state index is 0.0302. The van der Waals surface area contributed by atoms with Crippen molar-refractivity contribution >= 4 is 17.5 Å². The maximum atomic E-state index is 10.8. The van der Waals surface area contributed by atoms with Crippen LogP contribution < -0.4 is 10.7 Å². The summed E-state index contributed by atoms with van der Waals surface area (Å²) in [6, 6.07) is 0. The number of hydrogen-bond acceptors (Lipinski definition) is 3. The lowest BCUT2D eigenvalue weighted by atomic mass is 10.4. The van der Waals surface area contributed by atoms with Gasteiger partial charge >= 0.3 is 0 Å². The number of nitrogens with zero attached hydrogens (tertiary/aromatic N) is 1. The predicted octanol–water partition coefficient (Wildman–Crippen LogP) is 0.0246.